The minimum Gasteiger partial charge on any atom is -0.390 e. The lowest BCUT2D eigenvalue weighted by Crippen LogP contribution is -2.36. The fraction of sp³-hybridized carbons (Fsp3) is 0.357. The van der Waals surface area contributed by atoms with Crippen molar-refractivity contribution in [2.75, 3.05) is 31.2 Å². The topological polar surface area (TPSA) is 71.4 Å². The normalized spacial score (nSPS) is 15.3. The molecule has 0 spiro atoms. The van der Waals surface area contributed by atoms with Crippen LogP contribution in [0.15, 0.2) is 30.6 Å². The largest absolute Gasteiger partial charge is 0.390 e. The van der Waals surface area contributed by atoms with E-state index in [0.717, 1.165) is 37.7 Å². The monoisotopic (exact) mass is 272 g/mol. The molecular formula is C14H16N4O2. The Morgan fingerprint density at radius 2 is 2.00 bits per heavy atom. The van der Waals surface area contributed by atoms with Gasteiger partial charge in [0.1, 0.15) is 5.82 Å². The molecule has 0 aliphatic carbocycles. The molecule has 3 rings (SSSR count). The molecule has 0 bridgehead atoms. The van der Waals surface area contributed by atoms with Crippen molar-refractivity contribution in [3.05, 3.63) is 36.3 Å². The summed E-state index contributed by atoms with van der Waals surface area (Å²) in [6, 6.07) is 5.61. The summed E-state index contributed by atoms with van der Waals surface area (Å²) in [4.78, 5) is 15.1. The second-order valence-corrected chi connectivity index (χ2v) is 4.53. The molecular weight excluding hydrogens is 256 g/mol. The second-order valence-electron chi connectivity index (χ2n) is 4.53. The quantitative estimate of drug-likeness (QED) is 0.894. The van der Waals surface area contributed by atoms with Crippen molar-refractivity contribution < 1.29 is 9.84 Å². The first-order valence-corrected chi connectivity index (χ1v) is 6.59. The third-order valence-electron chi connectivity index (χ3n) is 3.22. The first kappa shape index (κ1) is 13.0. The van der Waals surface area contributed by atoms with Gasteiger partial charge in [-0.2, -0.15) is 0 Å². The zero-order chi connectivity index (χ0) is 13.8. The SMILES string of the molecule is OCc1ccnc(-c2ccc(N3CCOCC3)nc2)n1. The Kier molecular flexibility index (Phi) is 3.85. The van der Waals surface area contributed by atoms with Crippen molar-refractivity contribution in [1.82, 2.24) is 15.0 Å². The Bertz CT molecular complexity index is 568. The van der Waals surface area contributed by atoms with Crippen LogP contribution in [0.25, 0.3) is 11.4 Å². The summed E-state index contributed by atoms with van der Waals surface area (Å²) in [5.41, 5.74) is 1.45. The van der Waals surface area contributed by atoms with Gasteiger partial charge in [-0.1, -0.05) is 0 Å². The van der Waals surface area contributed by atoms with E-state index in [4.69, 9.17) is 9.84 Å². The minimum atomic E-state index is -0.0885. The number of nitrogens with zero attached hydrogens (tertiary/aromatic N) is 4. The fourth-order valence-electron chi connectivity index (χ4n) is 2.12. The maximum atomic E-state index is 9.10. The van der Waals surface area contributed by atoms with Gasteiger partial charge in [0.25, 0.3) is 0 Å². The second kappa shape index (κ2) is 5.94. The number of hydrogen-bond donors (Lipinski definition) is 1. The van der Waals surface area contributed by atoms with Crippen molar-refractivity contribution in [2.45, 2.75) is 6.61 Å². The zero-order valence-corrected chi connectivity index (χ0v) is 11.1. The van der Waals surface area contributed by atoms with Gasteiger partial charge in [-0.15, -0.1) is 0 Å². The molecule has 2 aromatic rings. The van der Waals surface area contributed by atoms with Crippen LogP contribution < -0.4 is 4.90 Å². The summed E-state index contributed by atoms with van der Waals surface area (Å²) in [6.07, 6.45) is 3.41. The molecule has 3 heterocycles. The minimum absolute atomic E-state index is 0.0885. The molecule has 0 unspecified atom stereocenters. The molecule has 1 aliphatic heterocycles. The number of aliphatic hydroxyl groups is 1. The molecule has 6 nitrogen and oxygen atoms in total. The molecule has 6 heteroatoms. The molecule has 1 saturated heterocycles. The van der Waals surface area contributed by atoms with Gasteiger partial charge in [-0.3, -0.25) is 0 Å². The van der Waals surface area contributed by atoms with Crippen LogP contribution in [0.1, 0.15) is 5.69 Å². The Hall–Kier alpha value is -2.05. The number of hydrogen-bond acceptors (Lipinski definition) is 6. The van der Waals surface area contributed by atoms with Gasteiger partial charge in [0.15, 0.2) is 5.82 Å². The van der Waals surface area contributed by atoms with E-state index in [9.17, 15) is 0 Å². The van der Waals surface area contributed by atoms with Crippen LogP contribution in [0, 0.1) is 0 Å². The van der Waals surface area contributed by atoms with E-state index < -0.39 is 0 Å². The Morgan fingerprint density at radius 3 is 2.70 bits per heavy atom. The maximum absolute atomic E-state index is 9.10. The zero-order valence-electron chi connectivity index (χ0n) is 11.1. The highest BCUT2D eigenvalue weighted by Crippen LogP contribution is 2.18. The van der Waals surface area contributed by atoms with Gasteiger partial charge in [-0.25, -0.2) is 15.0 Å². The van der Waals surface area contributed by atoms with Crippen molar-refractivity contribution in [3.8, 4) is 11.4 Å². The first-order chi connectivity index (χ1) is 9.86. The number of aliphatic hydroxyl groups excluding tert-OH is 1. The highest BCUT2D eigenvalue weighted by atomic mass is 16.5. The number of anilines is 1. The van der Waals surface area contributed by atoms with Gasteiger partial charge in [0, 0.05) is 31.0 Å². The summed E-state index contributed by atoms with van der Waals surface area (Å²) in [6.45, 7) is 3.12. The fourth-order valence-corrected chi connectivity index (χ4v) is 2.12. The van der Waals surface area contributed by atoms with Crippen LogP contribution in [0.3, 0.4) is 0 Å². The predicted molar refractivity (Wildman–Crippen MR) is 74.2 cm³/mol. The number of aromatic nitrogens is 3. The van der Waals surface area contributed by atoms with Gasteiger partial charge < -0.3 is 14.7 Å². The predicted octanol–water partition coefficient (Wildman–Crippen LogP) is 0.867. The standard InChI is InChI=1S/C14H16N4O2/c19-10-12-3-4-15-14(17-12)11-1-2-13(16-9-11)18-5-7-20-8-6-18/h1-4,9,19H,5-8,10H2. The van der Waals surface area contributed by atoms with Gasteiger partial charge >= 0.3 is 0 Å². The highest BCUT2D eigenvalue weighted by Gasteiger charge is 2.12. The molecule has 20 heavy (non-hydrogen) atoms. The number of pyridine rings is 1. The third-order valence-corrected chi connectivity index (χ3v) is 3.22. The summed E-state index contributed by atoms with van der Waals surface area (Å²) in [7, 11) is 0. The Labute approximate surface area is 117 Å². The van der Waals surface area contributed by atoms with E-state index >= 15 is 0 Å². The van der Waals surface area contributed by atoms with E-state index in [2.05, 4.69) is 19.9 Å². The van der Waals surface area contributed by atoms with Crippen molar-refractivity contribution in [3.63, 3.8) is 0 Å². The average molecular weight is 272 g/mol. The Morgan fingerprint density at radius 1 is 1.15 bits per heavy atom. The average Bonchev–Trinajstić information content (AvgIpc) is 2.56. The van der Waals surface area contributed by atoms with Crippen LogP contribution in [0.2, 0.25) is 0 Å². The number of ether oxygens (including phenoxy) is 1. The van der Waals surface area contributed by atoms with E-state index in [1.807, 2.05) is 12.1 Å². The van der Waals surface area contributed by atoms with Crippen molar-refractivity contribution >= 4 is 5.82 Å². The van der Waals surface area contributed by atoms with Crippen LogP contribution in [-0.4, -0.2) is 46.4 Å². The van der Waals surface area contributed by atoms with Crippen LogP contribution >= 0.6 is 0 Å². The summed E-state index contributed by atoms with van der Waals surface area (Å²) in [5, 5.41) is 9.10. The lowest BCUT2D eigenvalue weighted by Gasteiger charge is -2.27. The van der Waals surface area contributed by atoms with Gasteiger partial charge in [0.05, 0.1) is 25.5 Å². The van der Waals surface area contributed by atoms with E-state index in [1.165, 1.54) is 0 Å². The van der Waals surface area contributed by atoms with Crippen molar-refractivity contribution in [2.24, 2.45) is 0 Å². The van der Waals surface area contributed by atoms with Crippen LogP contribution in [0.5, 0.6) is 0 Å². The third kappa shape index (κ3) is 2.76. The van der Waals surface area contributed by atoms with Crippen LogP contribution in [0.4, 0.5) is 5.82 Å². The molecule has 1 aliphatic rings. The first-order valence-electron chi connectivity index (χ1n) is 6.59. The van der Waals surface area contributed by atoms with Crippen molar-refractivity contribution in [1.29, 1.82) is 0 Å². The smallest absolute Gasteiger partial charge is 0.161 e. The molecule has 1 N–H and O–H groups in total. The van der Waals surface area contributed by atoms with Gasteiger partial charge in [-0.05, 0) is 18.2 Å². The lowest BCUT2D eigenvalue weighted by molar-refractivity contribution is 0.122. The van der Waals surface area contributed by atoms with Crippen LogP contribution in [-0.2, 0) is 11.3 Å². The van der Waals surface area contributed by atoms with E-state index in [0.29, 0.717) is 11.5 Å². The molecule has 0 amide bonds. The molecule has 0 saturated carbocycles. The molecule has 2 aromatic heterocycles. The van der Waals surface area contributed by atoms with Gasteiger partial charge in [0.2, 0.25) is 0 Å². The summed E-state index contributed by atoms with van der Waals surface area (Å²) in [5.74, 6) is 1.52. The summed E-state index contributed by atoms with van der Waals surface area (Å²) < 4.78 is 5.33. The number of morpholine rings is 1. The molecule has 0 atom stereocenters. The maximum Gasteiger partial charge on any atom is 0.161 e. The highest BCUT2D eigenvalue weighted by molar-refractivity contribution is 5.56. The molecule has 0 aromatic carbocycles. The lowest BCUT2D eigenvalue weighted by atomic mass is 10.2. The molecule has 1 fully saturated rings. The number of rotatable bonds is 3. The Balaban J connectivity index is 1.81. The van der Waals surface area contributed by atoms with E-state index in [-0.39, 0.29) is 6.61 Å². The summed E-state index contributed by atoms with van der Waals surface area (Å²) >= 11 is 0. The molecule has 104 valence electrons. The van der Waals surface area contributed by atoms with E-state index in [1.54, 1.807) is 18.5 Å². The molecule has 0 radical (unpaired) electrons.